The van der Waals surface area contributed by atoms with Crippen molar-refractivity contribution in [3.05, 3.63) is 30.1 Å². The molecule has 2 atom stereocenters. The highest BCUT2D eigenvalue weighted by molar-refractivity contribution is 5.96. The third kappa shape index (κ3) is 5.74. The van der Waals surface area contributed by atoms with E-state index in [1.54, 1.807) is 18.3 Å². The Labute approximate surface area is 187 Å². The molecule has 1 aliphatic carbocycles. The van der Waals surface area contributed by atoms with Crippen molar-refractivity contribution in [1.82, 2.24) is 25.4 Å². The van der Waals surface area contributed by atoms with Crippen molar-refractivity contribution in [1.29, 1.82) is 0 Å². The summed E-state index contributed by atoms with van der Waals surface area (Å²) in [6.45, 7) is 2.03. The van der Waals surface area contributed by atoms with Crippen molar-refractivity contribution >= 4 is 23.8 Å². The van der Waals surface area contributed by atoms with E-state index in [0.29, 0.717) is 12.1 Å². The van der Waals surface area contributed by atoms with Gasteiger partial charge in [-0.2, -0.15) is 0 Å². The zero-order valence-corrected chi connectivity index (χ0v) is 18.6. The smallest absolute Gasteiger partial charge is 0.328 e. The molecule has 0 spiro atoms. The number of hydrogen-bond donors (Lipinski definition) is 2. The molecule has 2 N–H and O–H groups in total. The summed E-state index contributed by atoms with van der Waals surface area (Å²) in [7, 11) is 1.24. The Morgan fingerprint density at radius 2 is 1.91 bits per heavy atom. The van der Waals surface area contributed by atoms with Crippen molar-refractivity contribution in [2.75, 3.05) is 26.7 Å². The predicted molar refractivity (Wildman–Crippen MR) is 116 cm³/mol. The molecule has 10 nitrogen and oxygen atoms in total. The van der Waals surface area contributed by atoms with Gasteiger partial charge in [-0.1, -0.05) is 19.3 Å². The van der Waals surface area contributed by atoms with Gasteiger partial charge in [-0.25, -0.2) is 9.59 Å². The highest BCUT2D eigenvalue weighted by Crippen LogP contribution is 2.19. The first kappa shape index (κ1) is 23.5. The van der Waals surface area contributed by atoms with Gasteiger partial charge >= 0.3 is 12.0 Å². The summed E-state index contributed by atoms with van der Waals surface area (Å²) >= 11 is 0. The number of esters is 1. The van der Waals surface area contributed by atoms with Crippen LogP contribution in [0.5, 0.6) is 0 Å². The third-order valence-corrected chi connectivity index (χ3v) is 5.99. The largest absolute Gasteiger partial charge is 0.467 e. The number of nitrogens with zero attached hydrogens (tertiary/aromatic N) is 3. The molecule has 0 radical (unpaired) electrons. The van der Waals surface area contributed by atoms with Crippen LogP contribution in [0.3, 0.4) is 0 Å². The Morgan fingerprint density at radius 3 is 2.56 bits per heavy atom. The number of ether oxygens (including phenoxy) is 1. The van der Waals surface area contributed by atoms with Crippen LogP contribution in [0.1, 0.15) is 49.4 Å². The minimum Gasteiger partial charge on any atom is -0.467 e. The van der Waals surface area contributed by atoms with Gasteiger partial charge in [0.15, 0.2) is 0 Å². The molecule has 0 bridgehead atoms. The number of urea groups is 1. The van der Waals surface area contributed by atoms with E-state index in [1.165, 1.54) is 30.0 Å². The lowest BCUT2D eigenvalue weighted by molar-refractivity contribution is -0.145. The maximum atomic E-state index is 13.0. The van der Waals surface area contributed by atoms with E-state index in [1.807, 2.05) is 0 Å². The second-order valence-corrected chi connectivity index (χ2v) is 8.24. The average Bonchev–Trinajstić information content (AvgIpc) is 2.83. The van der Waals surface area contributed by atoms with Gasteiger partial charge in [0.1, 0.15) is 12.1 Å². The number of aromatic nitrogens is 1. The second-order valence-electron chi connectivity index (χ2n) is 8.24. The van der Waals surface area contributed by atoms with E-state index < -0.39 is 24.0 Å². The number of carbonyl (C=O) groups excluding carboxylic acids is 4. The van der Waals surface area contributed by atoms with E-state index in [4.69, 9.17) is 0 Å². The van der Waals surface area contributed by atoms with Gasteiger partial charge in [0.25, 0.3) is 5.91 Å². The van der Waals surface area contributed by atoms with Gasteiger partial charge in [0.05, 0.1) is 19.2 Å². The monoisotopic (exact) mass is 445 g/mol. The maximum Gasteiger partial charge on any atom is 0.328 e. The highest BCUT2D eigenvalue weighted by atomic mass is 16.5. The zero-order chi connectivity index (χ0) is 23.1. The number of carbonyl (C=O) groups is 4. The van der Waals surface area contributed by atoms with Gasteiger partial charge in [-0.15, -0.1) is 0 Å². The molecule has 3 rings (SSSR count). The molecule has 2 heterocycles. The topological polar surface area (TPSA) is 121 Å². The molecule has 1 aromatic heterocycles. The van der Waals surface area contributed by atoms with Crippen molar-refractivity contribution in [2.24, 2.45) is 0 Å². The maximum absolute atomic E-state index is 13.0. The minimum absolute atomic E-state index is 0.0194. The Balaban J connectivity index is 1.74. The summed E-state index contributed by atoms with van der Waals surface area (Å²) in [5.74, 6) is -1.36. The van der Waals surface area contributed by atoms with Crippen LogP contribution in [-0.4, -0.2) is 83.5 Å². The van der Waals surface area contributed by atoms with Gasteiger partial charge in [0.2, 0.25) is 5.91 Å². The fourth-order valence-electron chi connectivity index (χ4n) is 4.16. The number of piperazine rings is 1. The van der Waals surface area contributed by atoms with Crippen molar-refractivity contribution in [2.45, 2.75) is 57.2 Å². The molecule has 1 aliphatic heterocycles. The minimum atomic E-state index is -0.930. The fraction of sp³-hybridized carbons (Fsp3) is 0.591. The average molecular weight is 446 g/mol. The number of amides is 4. The summed E-state index contributed by atoms with van der Waals surface area (Å²) in [6.07, 6.45) is 8.19. The van der Waals surface area contributed by atoms with Crippen LogP contribution in [0, 0.1) is 0 Å². The standard InChI is InChI=1S/C22H31N5O5/c1-15(21(30)32-2)24-19(28)18-14-26(20(29)16-7-6-10-23-13-16)11-12-27(18)22(31)25-17-8-4-3-5-9-17/h6-7,10,13,15,17-18H,3-5,8-9,11-12,14H2,1-2H3,(H,24,28)(H,25,31). The van der Waals surface area contributed by atoms with Crippen molar-refractivity contribution < 1.29 is 23.9 Å². The van der Waals surface area contributed by atoms with Gasteiger partial charge in [0, 0.05) is 31.5 Å². The zero-order valence-electron chi connectivity index (χ0n) is 18.6. The molecule has 174 valence electrons. The summed E-state index contributed by atoms with van der Waals surface area (Å²) in [5.41, 5.74) is 0.412. The molecule has 2 unspecified atom stereocenters. The highest BCUT2D eigenvalue weighted by Gasteiger charge is 2.38. The molecule has 2 aliphatic rings. The number of rotatable bonds is 5. The normalized spacial score (nSPS) is 20.2. The number of hydrogen-bond acceptors (Lipinski definition) is 6. The lowest BCUT2D eigenvalue weighted by atomic mass is 9.95. The van der Waals surface area contributed by atoms with E-state index in [0.717, 1.165) is 32.1 Å². The fourth-order valence-corrected chi connectivity index (χ4v) is 4.16. The number of nitrogens with one attached hydrogen (secondary N) is 2. The molecular formula is C22H31N5O5. The first-order chi connectivity index (χ1) is 15.4. The van der Waals surface area contributed by atoms with Crippen LogP contribution in [0.4, 0.5) is 4.79 Å². The van der Waals surface area contributed by atoms with Crippen LogP contribution in [0.2, 0.25) is 0 Å². The summed E-state index contributed by atoms with van der Waals surface area (Å²) in [4.78, 5) is 57.7. The molecular weight excluding hydrogens is 414 g/mol. The molecule has 1 saturated carbocycles. The van der Waals surface area contributed by atoms with Crippen molar-refractivity contribution in [3.63, 3.8) is 0 Å². The molecule has 4 amide bonds. The Hall–Kier alpha value is -3.17. The molecule has 2 fully saturated rings. The van der Waals surface area contributed by atoms with Crippen molar-refractivity contribution in [3.8, 4) is 0 Å². The molecule has 1 saturated heterocycles. The Morgan fingerprint density at radius 1 is 1.16 bits per heavy atom. The lowest BCUT2D eigenvalue weighted by Gasteiger charge is -2.41. The van der Waals surface area contributed by atoms with Gasteiger partial charge < -0.3 is 25.2 Å². The first-order valence-corrected chi connectivity index (χ1v) is 11.1. The van der Waals surface area contributed by atoms with E-state index in [-0.39, 0.29) is 31.1 Å². The van der Waals surface area contributed by atoms with E-state index in [9.17, 15) is 19.2 Å². The lowest BCUT2D eigenvalue weighted by Crippen LogP contribution is -2.64. The summed E-state index contributed by atoms with van der Waals surface area (Å²) < 4.78 is 4.67. The predicted octanol–water partition coefficient (Wildman–Crippen LogP) is 0.928. The molecule has 1 aromatic rings. The van der Waals surface area contributed by atoms with Crippen LogP contribution in [-0.2, 0) is 14.3 Å². The first-order valence-electron chi connectivity index (χ1n) is 11.1. The van der Waals surface area contributed by atoms with Crippen LogP contribution in [0.25, 0.3) is 0 Å². The van der Waals surface area contributed by atoms with Crippen LogP contribution in [0.15, 0.2) is 24.5 Å². The Bertz CT molecular complexity index is 827. The second kappa shape index (κ2) is 10.9. The van der Waals surface area contributed by atoms with Gasteiger partial charge in [-0.05, 0) is 31.9 Å². The molecule has 32 heavy (non-hydrogen) atoms. The summed E-state index contributed by atoms with van der Waals surface area (Å²) in [6, 6.07) is 1.29. The molecule has 10 heteroatoms. The number of pyridine rings is 1. The van der Waals surface area contributed by atoms with Crippen LogP contribution < -0.4 is 10.6 Å². The Kier molecular flexibility index (Phi) is 8.02. The van der Waals surface area contributed by atoms with Crippen LogP contribution >= 0.6 is 0 Å². The summed E-state index contributed by atoms with van der Waals surface area (Å²) in [5, 5.41) is 5.64. The van der Waals surface area contributed by atoms with Gasteiger partial charge in [-0.3, -0.25) is 14.6 Å². The quantitative estimate of drug-likeness (QED) is 0.651. The van der Waals surface area contributed by atoms with E-state index in [2.05, 4.69) is 20.4 Å². The third-order valence-electron chi connectivity index (χ3n) is 5.99. The van der Waals surface area contributed by atoms with E-state index >= 15 is 0 Å². The SMILES string of the molecule is COC(=O)C(C)NC(=O)C1CN(C(=O)c2cccnc2)CCN1C(=O)NC1CCCCC1. The number of methoxy groups -OCH3 is 1. The molecule has 0 aromatic carbocycles.